The number of halogens is 2. The molecule has 20 heavy (non-hydrogen) atoms. The summed E-state index contributed by atoms with van der Waals surface area (Å²) in [6, 6.07) is 3.10. The fraction of sp³-hybridized carbons (Fsp3) is 0.417. The van der Waals surface area contributed by atoms with Crippen LogP contribution < -0.4 is 5.32 Å². The van der Waals surface area contributed by atoms with Gasteiger partial charge in [0.2, 0.25) is 0 Å². The summed E-state index contributed by atoms with van der Waals surface area (Å²) in [6.07, 6.45) is -1.11. The van der Waals surface area contributed by atoms with Crippen LogP contribution in [0.2, 0.25) is 0 Å². The van der Waals surface area contributed by atoms with E-state index in [1.54, 1.807) is 6.07 Å². The number of nitrogens with one attached hydrogen (secondary N) is 2. The van der Waals surface area contributed by atoms with Crippen LogP contribution in [0.5, 0.6) is 0 Å². The number of rotatable bonds is 5. The highest BCUT2D eigenvalue weighted by atomic mass is 19.3. The Morgan fingerprint density at radius 1 is 1.50 bits per heavy atom. The predicted molar refractivity (Wildman–Crippen MR) is 68.9 cm³/mol. The first-order valence-electron chi connectivity index (χ1n) is 6.14. The number of hydrogen-bond acceptors (Lipinski definition) is 3. The van der Waals surface area contributed by atoms with E-state index in [1.807, 2.05) is 13.8 Å². The Balaban J connectivity index is 2.01. The van der Waals surface area contributed by atoms with Crippen LogP contribution in [0.3, 0.4) is 0 Å². The van der Waals surface area contributed by atoms with Crippen molar-refractivity contribution in [2.45, 2.75) is 32.7 Å². The van der Waals surface area contributed by atoms with E-state index in [2.05, 4.69) is 20.6 Å². The molecular weight excluding hydrogens is 268 g/mol. The molecule has 0 saturated heterocycles. The number of carbonyl (C=O) groups is 1. The molecule has 1 amide bonds. The van der Waals surface area contributed by atoms with Crippen LogP contribution in [0, 0.1) is 0 Å². The van der Waals surface area contributed by atoms with Crippen molar-refractivity contribution in [3.63, 3.8) is 0 Å². The molecule has 0 aromatic carbocycles. The highest BCUT2D eigenvalue weighted by Crippen LogP contribution is 2.13. The second-order valence-electron chi connectivity index (χ2n) is 4.63. The molecule has 2 aromatic heterocycles. The second-order valence-corrected chi connectivity index (χ2v) is 4.63. The topological polar surface area (TPSA) is 75.6 Å². The summed E-state index contributed by atoms with van der Waals surface area (Å²) in [5.74, 6) is 0.00879. The minimum absolute atomic E-state index is 0.213. The van der Waals surface area contributed by atoms with Gasteiger partial charge < -0.3 is 5.32 Å². The molecule has 0 bridgehead atoms. The van der Waals surface area contributed by atoms with Gasteiger partial charge in [0.05, 0.1) is 0 Å². The molecule has 6 nitrogen and oxygen atoms in total. The van der Waals surface area contributed by atoms with Gasteiger partial charge in [-0.2, -0.15) is 10.2 Å². The summed E-state index contributed by atoms with van der Waals surface area (Å²) in [5.41, 5.74) is 1.08. The third-order valence-electron chi connectivity index (χ3n) is 2.66. The minimum atomic E-state index is -2.49. The molecule has 0 spiro atoms. The Morgan fingerprint density at radius 3 is 2.85 bits per heavy atom. The zero-order valence-corrected chi connectivity index (χ0v) is 11.1. The Morgan fingerprint density at radius 2 is 2.25 bits per heavy atom. The summed E-state index contributed by atoms with van der Waals surface area (Å²) in [5, 5.41) is 13.0. The zero-order chi connectivity index (χ0) is 14.7. The SMILES string of the molecule is CC(C)c1cc(C(=O)Nc2ccn(CC(F)F)n2)n[nH]1. The van der Waals surface area contributed by atoms with Crippen LogP contribution in [-0.2, 0) is 6.54 Å². The lowest BCUT2D eigenvalue weighted by atomic mass is 10.1. The van der Waals surface area contributed by atoms with Crippen LogP contribution >= 0.6 is 0 Å². The van der Waals surface area contributed by atoms with Crippen molar-refractivity contribution in [2.24, 2.45) is 0 Å². The van der Waals surface area contributed by atoms with Gasteiger partial charge in [0.25, 0.3) is 12.3 Å². The van der Waals surface area contributed by atoms with E-state index in [4.69, 9.17) is 0 Å². The Hall–Kier alpha value is -2.25. The monoisotopic (exact) mass is 283 g/mol. The number of amides is 1. The quantitative estimate of drug-likeness (QED) is 0.883. The minimum Gasteiger partial charge on any atom is -0.304 e. The molecule has 2 aromatic rings. The maximum atomic E-state index is 12.2. The standard InChI is InChI=1S/C12H15F2N5O/c1-7(2)8-5-9(17-16-8)12(20)15-11-3-4-19(18-11)6-10(13)14/h3-5,7,10H,6H2,1-2H3,(H,16,17)(H,15,18,20). The smallest absolute Gasteiger partial charge is 0.277 e. The summed E-state index contributed by atoms with van der Waals surface area (Å²) in [6.45, 7) is 3.44. The largest absolute Gasteiger partial charge is 0.304 e. The fourth-order valence-corrected chi connectivity index (χ4v) is 1.60. The average molecular weight is 283 g/mol. The van der Waals surface area contributed by atoms with Crippen molar-refractivity contribution in [3.05, 3.63) is 29.7 Å². The Kier molecular flexibility index (Phi) is 4.11. The number of aromatic nitrogens is 4. The van der Waals surface area contributed by atoms with Gasteiger partial charge in [0.15, 0.2) is 11.5 Å². The second kappa shape index (κ2) is 5.81. The lowest BCUT2D eigenvalue weighted by Gasteiger charge is -2.00. The lowest BCUT2D eigenvalue weighted by molar-refractivity contribution is 0.102. The molecule has 0 radical (unpaired) electrons. The van der Waals surface area contributed by atoms with Crippen LogP contribution in [-0.4, -0.2) is 32.3 Å². The van der Waals surface area contributed by atoms with Gasteiger partial charge in [-0.05, 0) is 12.0 Å². The number of carbonyl (C=O) groups excluding carboxylic acids is 1. The highest BCUT2D eigenvalue weighted by molar-refractivity contribution is 6.02. The normalized spacial score (nSPS) is 11.3. The number of alkyl halides is 2. The fourth-order valence-electron chi connectivity index (χ4n) is 1.60. The van der Waals surface area contributed by atoms with Gasteiger partial charge in [-0.25, -0.2) is 8.78 Å². The molecule has 108 valence electrons. The van der Waals surface area contributed by atoms with Gasteiger partial charge in [0, 0.05) is 18.0 Å². The molecule has 0 aliphatic rings. The third kappa shape index (κ3) is 3.40. The van der Waals surface area contributed by atoms with E-state index in [-0.39, 0.29) is 17.4 Å². The van der Waals surface area contributed by atoms with Gasteiger partial charge >= 0.3 is 0 Å². The van der Waals surface area contributed by atoms with Gasteiger partial charge in [-0.3, -0.25) is 14.6 Å². The number of nitrogens with zero attached hydrogens (tertiary/aromatic N) is 3. The van der Waals surface area contributed by atoms with Gasteiger partial charge in [-0.15, -0.1) is 0 Å². The molecule has 8 heteroatoms. The zero-order valence-electron chi connectivity index (χ0n) is 11.1. The summed E-state index contributed by atoms with van der Waals surface area (Å²) in [4.78, 5) is 11.9. The van der Waals surface area contributed by atoms with Gasteiger partial charge in [0.1, 0.15) is 6.54 Å². The van der Waals surface area contributed by atoms with E-state index in [9.17, 15) is 13.6 Å². The Labute approximate surface area is 114 Å². The van der Waals surface area contributed by atoms with Crippen molar-refractivity contribution in [1.82, 2.24) is 20.0 Å². The van der Waals surface area contributed by atoms with Crippen LogP contribution in [0.25, 0.3) is 0 Å². The third-order valence-corrected chi connectivity index (χ3v) is 2.66. The van der Waals surface area contributed by atoms with E-state index in [0.717, 1.165) is 10.4 Å². The predicted octanol–water partition coefficient (Wildman–Crippen LogP) is 2.25. The van der Waals surface area contributed by atoms with Gasteiger partial charge in [-0.1, -0.05) is 13.8 Å². The molecule has 0 atom stereocenters. The summed E-state index contributed by atoms with van der Waals surface area (Å²) < 4.78 is 25.4. The molecule has 2 N–H and O–H groups in total. The van der Waals surface area contributed by atoms with E-state index in [1.165, 1.54) is 12.3 Å². The molecule has 0 saturated carbocycles. The number of H-pyrrole nitrogens is 1. The molecule has 0 aliphatic carbocycles. The molecule has 0 fully saturated rings. The Bertz CT molecular complexity index is 590. The van der Waals surface area contributed by atoms with Crippen LogP contribution in [0.4, 0.5) is 14.6 Å². The van der Waals surface area contributed by atoms with Crippen molar-refractivity contribution in [1.29, 1.82) is 0 Å². The van der Waals surface area contributed by atoms with Crippen molar-refractivity contribution < 1.29 is 13.6 Å². The van der Waals surface area contributed by atoms with Crippen LogP contribution in [0.15, 0.2) is 18.3 Å². The maximum Gasteiger partial charge on any atom is 0.277 e. The molecule has 2 heterocycles. The highest BCUT2D eigenvalue weighted by Gasteiger charge is 2.14. The lowest BCUT2D eigenvalue weighted by Crippen LogP contribution is -2.14. The van der Waals surface area contributed by atoms with E-state index in [0.29, 0.717) is 0 Å². The first-order chi connectivity index (χ1) is 9.45. The first kappa shape index (κ1) is 14.2. The molecule has 2 rings (SSSR count). The number of anilines is 1. The van der Waals surface area contributed by atoms with Crippen LogP contribution in [0.1, 0.15) is 35.9 Å². The number of aromatic amines is 1. The van der Waals surface area contributed by atoms with E-state index >= 15 is 0 Å². The average Bonchev–Trinajstić information content (AvgIpc) is 2.97. The number of hydrogen-bond donors (Lipinski definition) is 2. The van der Waals surface area contributed by atoms with Crippen molar-refractivity contribution >= 4 is 11.7 Å². The van der Waals surface area contributed by atoms with Crippen molar-refractivity contribution in [2.75, 3.05) is 5.32 Å². The summed E-state index contributed by atoms with van der Waals surface area (Å²) in [7, 11) is 0. The molecule has 0 unspecified atom stereocenters. The first-order valence-corrected chi connectivity index (χ1v) is 6.14. The van der Waals surface area contributed by atoms with Crippen molar-refractivity contribution in [3.8, 4) is 0 Å². The molecule has 0 aliphatic heterocycles. The summed E-state index contributed by atoms with van der Waals surface area (Å²) >= 11 is 0. The molecular formula is C12H15F2N5O. The van der Waals surface area contributed by atoms with E-state index < -0.39 is 18.9 Å². The maximum absolute atomic E-state index is 12.2.